The third-order valence-electron chi connectivity index (χ3n) is 2.77. The quantitative estimate of drug-likeness (QED) is 0.757. The molecular weight excluding hydrogens is 208 g/mol. The molecule has 0 saturated heterocycles. The van der Waals surface area contributed by atoms with Crippen LogP contribution in [0.2, 0.25) is 0 Å². The topological polar surface area (TPSA) is 102 Å². The predicted octanol–water partition coefficient (Wildman–Crippen LogP) is 0.242. The van der Waals surface area contributed by atoms with E-state index in [1.807, 2.05) is 20.8 Å². The lowest BCUT2D eigenvalue weighted by molar-refractivity contribution is 0.309. The van der Waals surface area contributed by atoms with E-state index in [4.69, 9.17) is 5.73 Å². The number of hydrogen-bond donors (Lipinski definition) is 2. The van der Waals surface area contributed by atoms with Crippen LogP contribution >= 0.6 is 0 Å². The summed E-state index contributed by atoms with van der Waals surface area (Å²) >= 11 is 0. The molecule has 0 aliphatic carbocycles. The molecule has 0 aliphatic rings. The fourth-order valence-corrected chi connectivity index (χ4v) is 1.40. The molecule has 2 aromatic rings. The molecule has 2 rings (SSSR count). The number of anilines is 1. The van der Waals surface area contributed by atoms with Gasteiger partial charge in [-0.2, -0.15) is 4.98 Å². The molecule has 86 valence electrons. The highest BCUT2D eigenvalue weighted by Crippen LogP contribution is 2.21. The van der Waals surface area contributed by atoms with Crippen molar-refractivity contribution < 1.29 is 0 Å². The first-order valence-corrected chi connectivity index (χ1v) is 5.07. The average Bonchev–Trinajstić information content (AvgIpc) is 2.62. The number of aromatic nitrogens is 5. The molecule has 0 atom stereocenters. The van der Waals surface area contributed by atoms with Crippen molar-refractivity contribution in [2.45, 2.75) is 32.7 Å². The Bertz CT molecular complexity index is 581. The summed E-state index contributed by atoms with van der Waals surface area (Å²) < 4.78 is 1.63. The molecule has 0 amide bonds. The summed E-state index contributed by atoms with van der Waals surface area (Å²) in [5, 5.41) is 7.79. The highest BCUT2D eigenvalue weighted by molar-refractivity contribution is 5.69. The summed E-state index contributed by atoms with van der Waals surface area (Å²) in [5.41, 5.74) is 5.54. The van der Waals surface area contributed by atoms with Crippen LogP contribution in [0.25, 0.3) is 11.2 Å². The molecule has 0 aliphatic heterocycles. The first-order valence-electron chi connectivity index (χ1n) is 5.07. The van der Waals surface area contributed by atoms with E-state index >= 15 is 0 Å². The van der Waals surface area contributed by atoms with Crippen molar-refractivity contribution in [1.29, 1.82) is 0 Å². The average molecular weight is 222 g/mol. The number of nitrogens with zero attached hydrogens (tertiary/aromatic N) is 4. The first-order chi connectivity index (χ1) is 7.45. The van der Waals surface area contributed by atoms with Crippen molar-refractivity contribution in [3.05, 3.63) is 10.4 Å². The number of fused-ring (bicyclic) bond motifs is 1. The number of H-pyrrole nitrogens is 1. The van der Waals surface area contributed by atoms with Gasteiger partial charge in [-0.1, -0.05) is 12.1 Å². The molecule has 0 radical (unpaired) electrons. The van der Waals surface area contributed by atoms with Gasteiger partial charge >= 0.3 is 0 Å². The van der Waals surface area contributed by atoms with Gasteiger partial charge in [0.2, 0.25) is 5.95 Å². The van der Waals surface area contributed by atoms with Gasteiger partial charge in [-0.25, -0.2) is 4.68 Å². The predicted molar refractivity (Wildman–Crippen MR) is 60.0 cm³/mol. The molecular formula is C9H14N6O. The van der Waals surface area contributed by atoms with Crippen LogP contribution in [0.1, 0.15) is 27.2 Å². The highest BCUT2D eigenvalue weighted by atomic mass is 16.1. The number of nitrogens with two attached hydrogens (primary N) is 1. The van der Waals surface area contributed by atoms with Gasteiger partial charge < -0.3 is 5.73 Å². The number of nitrogen functional groups attached to an aromatic ring is 1. The molecule has 0 bridgehead atoms. The van der Waals surface area contributed by atoms with Gasteiger partial charge in [-0.05, 0) is 20.3 Å². The van der Waals surface area contributed by atoms with E-state index < -0.39 is 0 Å². The van der Waals surface area contributed by atoms with Crippen LogP contribution in [0.4, 0.5) is 5.95 Å². The lowest BCUT2D eigenvalue weighted by Crippen LogP contribution is -2.27. The van der Waals surface area contributed by atoms with Gasteiger partial charge in [0, 0.05) is 0 Å². The summed E-state index contributed by atoms with van der Waals surface area (Å²) in [7, 11) is 0. The van der Waals surface area contributed by atoms with Gasteiger partial charge in [-0.3, -0.25) is 9.78 Å². The van der Waals surface area contributed by atoms with Crippen LogP contribution in [0.5, 0.6) is 0 Å². The maximum atomic E-state index is 11.5. The van der Waals surface area contributed by atoms with Crippen LogP contribution in [-0.4, -0.2) is 25.0 Å². The molecule has 2 heterocycles. The number of nitrogens with one attached hydrogen (secondary N) is 1. The zero-order chi connectivity index (χ0) is 11.9. The van der Waals surface area contributed by atoms with Gasteiger partial charge in [0.15, 0.2) is 11.2 Å². The molecule has 7 nitrogen and oxygen atoms in total. The smallest absolute Gasteiger partial charge is 0.282 e. The van der Waals surface area contributed by atoms with E-state index in [9.17, 15) is 4.79 Å². The van der Waals surface area contributed by atoms with E-state index in [1.165, 1.54) is 0 Å². The van der Waals surface area contributed by atoms with Crippen molar-refractivity contribution in [2.75, 3.05) is 5.73 Å². The van der Waals surface area contributed by atoms with Crippen molar-refractivity contribution in [3.63, 3.8) is 0 Å². The maximum absolute atomic E-state index is 11.5. The van der Waals surface area contributed by atoms with Crippen LogP contribution < -0.4 is 11.3 Å². The Balaban J connectivity index is 2.79. The monoisotopic (exact) mass is 222 g/mol. The Labute approximate surface area is 91.7 Å². The highest BCUT2D eigenvalue weighted by Gasteiger charge is 2.23. The van der Waals surface area contributed by atoms with Crippen LogP contribution in [0.15, 0.2) is 4.79 Å². The van der Waals surface area contributed by atoms with Crippen molar-refractivity contribution in [2.24, 2.45) is 0 Å². The van der Waals surface area contributed by atoms with E-state index in [1.54, 1.807) is 4.68 Å². The van der Waals surface area contributed by atoms with Crippen molar-refractivity contribution in [3.8, 4) is 0 Å². The third kappa shape index (κ3) is 1.44. The lowest BCUT2D eigenvalue weighted by atomic mass is 10.0. The Hall–Kier alpha value is -1.92. The van der Waals surface area contributed by atoms with Gasteiger partial charge in [0.05, 0.1) is 5.54 Å². The second kappa shape index (κ2) is 3.29. The molecule has 7 heteroatoms. The molecule has 0 aromatic carbocycles. The van der Waals surface area contributed by atoms with Gasteiger partial charge in [-0.15, -0.1) is 5.10 Å². The molecule has 0 fully saturated rings. The minimum Gasteiger partial charge on any atom is -0.369 e. The fraction of sp³-hybridized carbons (Fsp3) is 0.556. The molecule has 16 heavy (non-hydrogen) atoms. The van der Waals surface area contributed by atoms with Crippen molar-refractivity contribution >= 4 is 17.1 Å². The third-order valence-corrected chi connectivity index (χ3v) is 2.77. The van der Waals surface area contributed by atoms with Gasteiger partial charge in [0.1, 0.15) is 0 Å². The summed E-state index contributed by atoms with van der Waals surface area (Å²) in [6.45, 7) is 6.03. The Morgan fingerprint density at radius 3 is 2.81 bits per heavy atom. The fourth-order valence-electron chi connectivity index (χ4n) is 1.40. The maximum Gasteiger partial charge on any atom is 0.282 e. The molecule has 0 saturated carbocycles. The minimum atomic E-state index is -0.361. The van der Waals surface area contributed by atoms with Crippen LogP contribution in [0, 0.1) is 0 Å². The summed E-state index contributed by atoms with van der Waals surface area (Å²) in [6, 6.07) is 0. The second-order valence-corrected chi connectivity index (χ2v) is 4.29. The van der Waals surface area contributed by atoms with E-state index in [0.29, 0.717) is 5.65 Å². The van der Waals surface area contributed by atoms with Crippen molar-refractivity contribution in [1.82, 2.24) is 25.0 Å². The normalized spacial score (nSPS) is 12.2. The zero-order valence-electron chi connectivity index (χ0n) is 9.48. The molecule has 3 N–H and O–H groups in total. The SMILES string of the molecule is CCC(C)(C)n1nnc2c(=O)[nH]c(N)nc21. The summed E-state index contributed by atoms with van der Waals surface area (Å²) in [4.78, 5) is 18.0. The lowest BCUT2D eigenvalue weighted by Gasteiger charge is -2.22. The summed E-state index contributed by atoms with van der Waals surface area (Å²) in [6.07, 6.45) is 0.847. The summed E-state index contributed by atoms with van der Waals surface area (Å²) in [5.74, 6) is 0.0768. The molecule has 0 spiro atoms. The van der Waals surface area contributed by atoms with Gasteiger partial charge in [0.25, 0.3) is 5.56 Å². The Morgan fingerprint density at radius 2 is 2.19 bits per heavy atom. The van der Waals surface area contributed by atoms with Crippen LogP contribution in [-0.2, 0) is 5.54 Å². The molecule has 2 aromatic heterocycles. The number of rotatable bonds is 2. The minimum absolute atomic E-state index is 0.0768. The van der Waals surface area contributed by atoms with E-state index in [-0.39, 0.29) is 22.6 Å². The Morgan fingerprint density at radius 1 is 1.50 bits per heavy atom. The number of hydrogen-bond acceptors (Lipinski definition) is 5. The molecule has 0 unspecified atom stereocenters. The Kier molecular flexibility index (Phi) is 2.18. The number of aromatic amines is 1. The van der Waals surface area contributed by atoms with E-state index in [0.717, 1.165) is 6.42 Å². The standard InChI is InChI=1S/C9H14N6O/c1-4-9(2,3)15-6-5(13-14-15)7(16)12-8(10)11-6/h4H2,1-3H3,(H3,10,11,12,16). The largest absolute Gasteiger partial charge is 0.369 e. The zero-order valence-corrected chi connectivity index (χ0v) is 9.48. The first kappa shape index (κ1) is 10.6. The van der Waals surface area contributed by atoms with Crippen LogP contribution in [0.3, 0.4) is 0 Å². The van der Waals surface area contributed by atoms with E-state index in [2.05, 4.69) is 20.3 Å². The second-order valence-electron chi connectivity index (χ2n) is 4.29.